The monoisotopic (exact) mass is 514 g/mol. The molecule has 196 valence electrons. The van der Waals surface area contributed by atoms with E-state index in [2.05, 4.69) is 10.3 Å². The largest absolute Gasteiger partial charge is 0.493 e. The number of fused-ring (bicyclic) bond motifs is 1. The van der Waals surface area contributed by atoms with Crippen LogP contribution in [0.2, 0.25) is 0 Å². The standard InChI is InChI=1S/C30H30N2O6/c1-34-26-15-19(10-11-20-16-27(35-2)30(38-5)28(17-20)36-3)14-24(29(26)37-4)31-13-12-25(33)22-18-32-23-9-7-6-8-21(22)23/h6-18,31-32H,1-5H3/b11-10+,13-12-. The van der Waals surface area contributed by atoms with Gasteiger partial charge in [-0.2, -0.15) is 0 Å². The third-order valence-electron chi connectivity index (χ3n) is 5.98. The van der Waals surface area contributed by atoms with E-state index >= 15 is 0 Å². The van der Waals surface area contributed by atoms with Crippen molar-refractivity contribution in [3.05, 3.63) is 83.7 Å². The SMILES string of the molecule is COc1cc(/C=C/c2cc(OC)c(OC)c(OC)c2)cc(N/C=C\C(=O)c2c[nH]c3ccccc23)c1OC. The first-order valence-electron chi connectivity index (χ1n) is 11.8. The second-order valence-electron chi connectivity index (χ2n) is 8.19. The third-order valence-corrected chi connectivity index (χ3v) is 5.98. The fraction of sp³-hybridized carbons (Fsp3) is 0.167. The van der Waals surface area contributed by atoms with Crippen molar-refractivity contribution in [2.24, 2.45) is 0 Å². The van der Waals surface area contributed by atoms with Crippen LogP contribution in [0.15, 0.2) is 67.0 Å². The Labute approximate surface area is 221 Å². The molecule has 1 aromatic heterocycles. The second-order valence-corrected chi connectivity index (χ2v) is 8.19. The number of H-pyrrole nitrogens is 1. The number of nitrogens with one attached hydrogen (secondary N) is 2. The molecule has 0 amide bonds. The number of carbonyl (C=O) groups is 1. The summed E-state index contributed by atoms with van der Waals surface area (Å²) in [6.45, 7) is 0. The van der Waals surface area contributed by atoms with E-state index in [0.29, 0.717) is 40.0 Å². The van der Waals surface area contributed by atoms with Gasteiger partial charge < -0.3 is 34.0 Å². The van der Waals surface area contributed by atoms with E-state index in [1.54, 1.807) is 47.9 Å². The Morgan fingerprint density at radius 3 is 1.95 bits per heavy atom. The Morgan fingerprint density at radius 2 is 1.34 bits per heavy atom. The number of hydrogen-bond donors (Lipinski definition) is 2. The van der Waals surface area contributed by atoms with Gasteiger partial charge in [0.1, 0.15) is 0 Å². The van der Waals surface area contributed by atoms with E-state index in [9.17, 15) is 4.79 Å². The van der Waals surface area contributed by atoms with Crippen LogP contribution in [-0.2, 0) is 0 Å². The molecule has 0 aliphatic heterocycles. The second kappa shape index (κ2) is 11.9. The number of anilines is 1. The Kier molecular flexibility index (Phi) is 8.23. The first kappa shape index (κ1) is 26.2. The lowest BCUT2D eigenvalue weighted by Crippen LogP contribution is -1.99. The highest BCUT2D eigenvalue weighted by molar-refractivity contribution is 6.13. The van der Waals surface area contributed by atoms with E-state index in [0.717, 1.165) is 22.0 Å². The number of rotatable bonds is 11. The van der Waals surface area contributed by atoms with Crippen LogP contribution in [0, 0.1) is 0 Å². The number of ketones is 1. The molecule has 0 aliphatic rings. The van der Waals surface area contributed by atoms with Crippen molar-refractivity contribution in [1.29, 1.82) is 0 Å². The predicted octanol–water partition coefficient (Wildman–Crippen LogP) is 6.19. The lowest BCUT2D eigenvalue weighted by Gasteiger charge is -2.14. The summed E-state index contributed by atoms with van der Waals surface area (Å²) in [5.74, 6) is 2.58. The van der Waals surface area contributed by atoms with Crippen molar-refractivity contribution < 1.29 is 28.5 Å². The minimum absolute atomic E-state index is 0.126. The van der Waals surface area contributed by atoms with Crippen molar-refractivity contribution in [2.45, 2.75) is 0 Å². The van der Waals surface area contributed by atoms with Gasteiger partial charge in [-0.05, 0) is 41.5 Å². The van der Waals surface area contributed by atoms with Gasteiger partial charge in [0.15, 0.2) is 28.8 Å². The van der Waals surface area contributed by atoms with Gasteiger partial charge in [-0.25, -0.2) is 0 Å². The molecule has 0 fully saturated rings. The fourth-order valence-corrected chi connectivity index (χ4v) is 4.15. The molecule has 4 rings (SSSR count). The normalized spacial score (nSPS) is 11.2. The molecule has 3 aromatic carbocycles. The molecule has 0 unspecified atom stereocenters. The van der Waals surface area contributed by atoms with Crippen molar-refractivity contribution in [3.8, 4) is 28.7 Å². The van der Waals surface area contributed by atoms with E-state index in [1.165, 1.54) is 6.08 Å². The van der Waals surface area contributed by atoms with Gasteiger partial charge in [-0.15, -0.1) is 0 Å². The number of allylic oxidation sites excluding steroid dienone is 1. The number of aromatic nitrogens is 1. The van der Waals surface area contributed by atoms with Crippen LogP contribution in [0.4, 0.5) is 5.69 Å². The van der Waals surface area contributed by atoms with Crippen LogP contribution in [0.1, 0.15) is 21.5 Å². The zero-order chi connectivity index (χ0) is 27.1. The Bertz CT molecular complexity index is 1480. The molecule has 0 atom stereocenters. The molecule has 4 aromatic rings. The maximum Gasteiger partial charge on any atom is 0.203 e. The number of carbonyl (C=O) groups excluding carboxylic acids is 1. The highest BCUT2D eigenvalue weighted by atomic mass is 16.5. The molecule has 8 heteroatoms. The number of ether oxygens (including phenoxy) is 5. The van der Waals surface area contributed by atoms with Crippen molar-refractivity contribution in [1.82, 2.24) is 4.98 Å². The first-order chi connectivity index (χ1) is 18.5. The van der Waals surface area contributed by atoms with Crippen molar-refractivity contribution >= 4 is 34.5 Å². The average molecular weight is 515 g/mol. The molecule has 38 heavy (non-hydrogen) atoms. The summed E-state index contributed by atoms with van der Waals surface area (Å²) in [7, 11) is 7.86. The van der Waals surface area contributed by atoms with Crippen molar-refractivity contribution in [3.63, 3.8) is 0 Å². The molecule has 0 bridgehead atoms. The van der Waals surface area contributed by atoms with E-state index < -0.39 is 0 Å². The van der Waals surface area contributed by atoms with Crippen LogP contribution in [0.25, 0.3) is 23.1 Å². The Morgan fingerprint density at radius 1 is 0.763 bits per heavy atom. The number of benzene rings is 3. The molecular formula is C30H30N2O6. The molecule has 2 N–H and O–H groups in total. The van der Waals surface area contributed by atoms with Crippen molar-refractivity contribution in [2.75, 3.05) is 40.9 Å². The van der Waals surface area contributed by atoms with Crippen LogP contribution in [0.5, 0.6) is 28.7 Å². The number of para-hydroxylation sites is 1. The van der Waals surface area contributed by atoms with E-state index in [-0.39, 0.29) is 5.78 Å². The summed E-state index contributed by atoms with van der Waals surface area (Å²) < 4.78 is 27.4. The lowest BCUT2D eigenvalue weighted by molar-refractivity contribution is 0.104. The summed E-state index contributed by atoms with van der Waals surface area (Å²) in [6.07, 6.45) is 8.64. The highest BCUT2D eigenvalue weighted by Crippen LogP contribution is 2.40. The summed E-state index contributed by atoms with van der Waals surface area (Å²) in [5.41, 5.74) is 3.85. The number of hydrogen-bond acceptors (Lipinski definition) is 7. The minimum atomic E-state index is -0.126. The molecule has 0 saturated carbocycles. The zero-order valence-corrected chi connectivity index (χ0v) is 22.0. The zero-order valence-electron chi connectivity index (χ0n) is 22.0. The molecule has 0 aliphatic carbocycles. The first-order valence-corrected chi connectivity index (χ1v) is 11.8. The van der Waals surface area contributed by atoms with E-state index in [1.807, 2.05) is 60.7 Å². The minimum Gasteiger partial charge on any atom is -0.493 e. The van der Waals surface area contributed by atoms with Crippen LogP contribution in [-0.4, -0.2) is 46.3 Å². The van der Waals surface area contributed by atoms with Crippen LogP contribution in [0.3, 0.4) is 0 Å². The molecule has 0 spiro atoms. The fourth-order valence-electron chi connectivity index (χ4n) is 4.15. The average Bonchev–Trinajstić information content (AvgIpc) is 3.39. The van der Waals surface area contributed by atoms with Gasteiger partial charge >= 0.3 is 0 Å². The van der Waals surface area contributed by atoms with Gasteiger partial charge in [-0.1, -0.05) is 30.4 Å². The quantitative estimate of drug-likeness (QED) is 0.140. The van der Waals surface area contributed by atoms with Gasteiger partial charge in [0.25, 0.3) is 0 Å². The van der Waals surface area contributed by atoms with Crippen LogP contribution < -0.4 is 29.0 Å². The van der Waals surface area contributed by atoms with Gasteiger partial charge in [0, 0.05) is 34.9 Å². The maximum atomic E-state index is 12.8. The maximum absolute atomic E-state index is 12.8. The van der Waals surface area contributed by atoms with Crippen LogP contribution >= 0.6 is 0 Å². The summed E-state index contributed by atoms with van der Waals surface area (Å²) in [5, 5.41) is 4.04. The molecule has 8 nitrogen and oxygen atoms in total. The highest BCUT2D eigenvalue weighted by Gasteiger charge is 2.14. The Hall–Kier alpha value is -4.85. The van der Waals surface area contributed by atoms with Gasteiger partial charge in [-0.3, -0.25) is 4.79 Å². The summed E-state index contributed by atoms with van der Waals surface area (Å²) >= 11 is 0. The van der Waals surface area contributed by atoms with Gasteiger partial charge in [0.05, 0.1) is 41.2 Å². The molecule has 0 radical (unpaired) electrons. The molecular weight excluding hydrogens is 484 g/mol. The number of methoxy groups -OCH3 is 5. The lowest BCUT2D eigenvalue weighted by atomic mass is 10.1. The number of aromatic amines is 1. The Balaban J connectivity index is 1.60. The smallest absolute Gasteiger partial charge is 0.203 e. The summed E-state index contributed by atoms with van der Waals surface area (Å²) in [6, 6.07) is 15.2. The molecule has 0 saturated heterocycles. The van der Waals surface area contributed by atoms with E-state index in [4.69, 9.17) is 23.7 Å². The third kappa shape index (κ3) is 5.44. The molecule has 1 heterocycles. The summed E-state index contributed by atoms with van der Waals surface area (Å²) in [4.78, 5) is 15.9. The predicted molar refractivity (Wildman–Crippen MR) is 150 cm³/mol. The topological polar surface area (TPSA) is 91.0 Å². The van der Waals surface area contributed by atoms with Gasteiger partial charge in [0.2, 0.25) is 5.75 Å².